The fourth-order valence-corrected chi connectivity index (χ4v) is 3.20. The van der Waals surface area contributed by atoms with Crippen LogP contribution in [0.15, 0.2) is 41.0 Å². The van der Waals surface area contributed by atoms with Crippen LogP contribution in [0, 0.1) is 6.92 Å². The Hall–Kier alpha value is -2.67. The highest BCUT2D eigenvalue weighted by atomic mass is 32.1. The van der Waals surface area contributed by atoms with Gasteiger partial charge in [0.05, 0.1) is 24.5 Å². The molecule has 0 bridgehead atoms. The Morgan fingerprint density at radius 3 is 2.77 bits per heavy atom. The average Bonchev–Trinajstić information content (AvgIpc) is 3.22. The number of hydrogen-bond acceptors (Lipinski definition) is 6. The molecule has 3 heterocycles. The number of ether oxygens (including phenoxy) is 1. The molecule has 0 saturated carbocycles. The molecular formula is C15H12N4O2S. The minimum absolute atomic E-state index is 0.679. The summed E-state index contributed by atoms with van der Waals surface area (Å²) >= 11 is 1.47. The number of fused-ring (bicyclic) bond motifs is 1. The number of nitrogens with zero attached hydrogens (tertiary/aromatic N) is 4. The lowest BCUT2D eigenvalue weighted by molar-refractivity contribution is 0.416. The van der Waals surface area contributed by atoms with Gasteiger partial charge in [0.25, 0.3) is 0 Å². The van der Waals surface area contributed by atoms with E-state index in [1.165, 1.54) is 11.3 Å². The highest BCUT2D eigenvalue weighted by Gasteiger charge is 2.18. The Bertz CT molecular complexity index is 953. The smallest absolute Gasteiger partial charge is 0.235 e. The van der Waals surface area contributed by atoms with Crippen molar-refractivity contribution in [1.82, 2.24) is 19.8 Å². The maximum atomic E-state index is 5.40. The zero-order chi connectivity index (χ0) is 15.1. The third-order valence-electron chi connectivity index (χ3n) is 3.43. The molecule has 3 aromatic heterocycles. The Morgan fingerprint density at radius 2 is 2.00 bits per heavy atom. The topological polar surface area (TPSA) is 65.5 Å². The predicted molar refractivity (Wildman–Crippen MR) is 83.1 cm³/mol. The van der Waals surface area contributed by atoms with Crippen LogP contribution in [0.25, 0.3) is 26.9 Å². The molecule has 1 aromatic carbocycles. The van der Waals surface area contributed by atoms with Crippen LogP contribution in [-0.4, -0.2) is 26.9 Å². The SMILES string of the molecule is COc1ccccc1-c1nn2c(-c3ccoc3C)nnc2s1. The molecule has 0 radical (unpaired) electrons. The van der Waals surface area contributed by atoms with Crippen molar-refractivity contribution in [3.63, 3.8) is 0 Å². The van der Waals surface area contributed by atoms with Crippen LogP contribution in [0.3, 0.4) is 0 Å². The van der Waals surface area contributed by atoms with Crippen LogP contribution in [-0.2, 0) is 0 Å². The number of para-hydroxylation sites is 1. The van der Waals surface area contributed by atoms with Gasteiger partial charge in [-0.1, -0.05) is 23.5 Å². The minimum atomic E-state index is 0.679. The van der Waals surface area contributed by atoms with Gasteiger partial charge in [-0.25, -0.2) is 0 Å². The second-order valence-corrected chi connectivity index (χ2v) is 5.67. The lowest BCUT2D eigenvalue weighted by atomic mass is 10.2. The van der Waals surface area contributed by atoms with E-state index in [4.69, 9.17) is 9.15 Å². The average molecular weight is 312 g/mol. The molecule has 0 fully saturated rings. The van der Waals surface area contributed by atoms with Gasteiger partial charge in [0.15, 0.2) is 10.8 Å². The van der Waals surface area contributed by atoms with E-state index < -0.39 is 0 Å². The Morgan fingerprint density at radius 1 is 1.14 bits per heavy atom. The largest absolute Gasteiger partial charge is 0.496 e. The summed E-state index contributed by atoms with van der Waals surface area (Å²) in [6, 6.07) is 9.66. The quantitative estimate of drug-likeness (QED) is 0.580. The van der Waals surface area contributed by atoms with E-state index in [0.29, 0.717) is 5.82 Å². The van der Waals surface area contributed by atoms with E-state index in [1.54, 1.807) is 17.9 Å². The van der Waals surface area contributed by atoms with Crippen molar-refractivity contribution >= 4 is 16.3 Å². The molecule has 0 saturated heterocycles. The molecule has 22 heavy (non-hydrogen) atoms. The van der Waals surface area contributed by atoms with Crippen LogP contribution < -0.4 is 4.74 Å². The van der Waals surface area contributed by atoms with Gasteiger partial charge in [0, 0.05) is 0 Å². The second-order valence-electron chi connectivity index (χ2n) is 4.72. The summed E-state index contributed by atoms with van der Waals surface area (Å²) in [5, 5.41) is 13.9. The van der Waals surface area contributed by atoms with E-state index in [9.17, 15) is 0 Å². The molecule has 0 atom stereocenters. The molecule has 0 amide bonds. The highest BCUT2D eigenvalue weighted by molar-refractivity contribution is 7.19. The standard InChI is InChI=1S/C15H12N4O2S/c1-9-10(7-8-21-9)13-16-17-15-19(13)18-14(22-15)11-5-3-4-6-12(11)20-2/h3-8H,1-2H3. The summed E-state index contributed by atoms with van der Waals surface area (Å²) in [5.41, 5.74) is 1.83. The highest BCUT2D eigenvalue weighted by Crippen LogP contribution is 2.34. The van der Waals surface area contributed by atoms with Crippen LogP contribution in [0.5, 0.6) is 5.75 Å². The third kappa shape index (κ3) is 1.90. The van der Waals surface area contributed by atoms with E-state index >= 15 is 0 Å². The van der Waals surface area contributed by atoms with Gasteiger partial charge in [0.1, 0.15) is 11.5 Å². The summed E-state index contributed by atoms with van der Waals surface area (Å²) in [6.45, 7) is 1.89. The maximum absolute atomic E-state index is 5.40. The van der Waals surface area contributed by atoms with Gasteiger partial charge in [-0.05, 0) is 25.1 Å². The number of rotatable bonds is 3. The van der Waals surface area contributed by atoms with E-state index in [1.807, 2.05) is 37.3 Å². The first-order chi connectivity index (χ1) is 10.8. The Labute approximate surface area is 130 Å². The number of methoxy groups -OCH3 is 1. The molecule has 0 N–H and O–H groups in total. The fraction of sp³-hybridized carbons (Fsp3) is 0.133. The maximum Gasteiger partial charge on any atom is 0.235 e. The van der Waals surface area contributed by atoms with Crippen LogP contribution in [0.4, 0.5) is 0 Å². The predicted octanol–water partition coefficient (Wildman–Crippen LogP) is 3.43. The first-order valence-electron chi connectivity index (χ1n) is 6.68. The molecule has 6 nitrogen and oxygen atoms in total. The van der Waals surface area contributed by atoms with E-state index in [2.05, 4.69) is 15.3 Å². The number of benzene rings is 1. The van der Waals surface area contributed by atoms with Gasteiger partial charge in [-0.3, -0.25) is 0 Å². The Kier molecular flexibility index (Phi) is 2.93. The van der Waals surface area contributed by atoms with E-state index in [-0.39, 0.29) is 0 Å². The summed E-state index contributed by atoms with van der Waals surface area (Å²) in [4.78, 5) is 0.733. The van der Waals surface area contributed by atoms with Gasteiger partial charge in [-0.2, -0.15) is 9.61 Å². The lowest BCUT2D eigenvalue weighted by Crippen LogP contribution is -1.92. The molecule has 0 aliphatic carbocycles. The van der Waals surface area contributed by atoms with Crippen LogP contribution >= 0.6 is 11.3 Å². The molecule has 4 rings (SSSR count). The zero-order valence-corrected chi connectivity index (χ0v) is 12.8. The first-order valence-corrected chi connectivity index (χ1v) is 7.49. The van der Waals surface area contributed by atoms with Gasteiger partial charge in [0.2, 0.25) is 4.96 Å². The summed E-state index contributed by atoms with van der Waals surface area (Å²) in [5.74, 6) is 2.26. The molecule has 110 valence electrons. The second kappa shape index (κ2) is 4.96. The zero-order valence-electron chi connectivity index (χ0n) is 12.0. The van der Waals surface area contributed by atoms with Crippen LogP contribution in [0.1, 0.15) is 5.76 Å². The first kappa shape index (κ1) is 13.0. The van der Waals surface area contributed by atoms with E-state index in [0.717, 1.165) is 32.6 Å². The monoisotopic (exact) mass is 312 g/mol. The number of hydrogen-bond donors (Lipinski definition) is 0. The number of aromatic nitrogens is 4. The Balaban J connectivity index is 1.89. The van der Waals surface area contributed by atoms with Crippen molar-refractivity contribution in [2.75, 3.05) is 7.11 Å². The van der Waals surface area contributed by atoms with Crippen molar-refractivity contribution in [3.05, 3.63) is 42.4 Å². The molecule has 0 aliphatic rings. The molecule has 0 spiro atoms. The lowest BCUT2D eigenvalue weighted by Gasteiger charge is -2.03. The number of furan rings is 1. The van der Waals surface area contributed by atoms with Gasteiger partial charge < -0.3 is 9.15 Å². The number of aryl methyl sites for hydroxylation is 1. The molecule has 0 aliphatic heterocycles. The van der Waals surface area contributed by atoms with Gasteiger partial charge >= 0.3 is 0 Å². The summed E-state index contributed by atoms with van der Waals surface area (Å²) < 4.78 is 12.5. The van der Waals surface area contributed by atoms with Crippen molar-refractivity contribution in [2.45, 2.75) is 6.92 Å². The molecule has 7 heteroatoms. The molecule has 4 aromatic rings. The van der Waals surface area contributed by atoms with Crippen LogP contribution in [0.2, 0.25) is 0 Å². The van der Waals surface area contributed by atoms with Crippen molar-refractivity contribution in [1.29, 1.82) is 0 Å². The normalized spacial score (nSPS) is 11.2. The third-order valence-corrected chi connectivity index (χ3v) is 4.36. The van der Waals surface area contributed by atoms with Crippen molar-refractivity contribution in [2.24, 2.45) is 0 Å². The fourth-order valence-electron chi connectivity index (χ4n) is 2.33. The minimum Gasteiger partial charge on any atom is -0.496 e. The van der Waals surface area contributed by atoms with Crippen molar-refractivity contribution < 1.29 is 9.15 Å². The summed E-state index contributed by atoms with van der Waals surface area (Å²) in [6.07, 6.45) is 1.64. The van der Waals surface area contributed by atoms with Crippen molar-refractivity contribution in [3.8, 4) is 27.7 Å². The summed E-state index contributed by atoms with van der Waals surface area (Å²) in [7, 11) is 1.65. The molecule has 0 unspecified atom stereocenters. The molecular weight excluding hydrogens is 300 g/mol. The van der Waals surface area contributed by atoms with Gasteiger partial charge in [-0.15, -0.1) is 10.2 Å².